The van der Waals surface area contributed by atoms with Crippen molar-refractivity contribution in [3.05, 3.63) is 0 Å². The van der Waals surface area contributed by atoms with Crippen molar-refractivity contribution in [1.82, 2.24) is 0 Å². The van der Waals surface area contributed by atoms with Gasteiger partial charge in [0.25, 0.3) is 0 Å². The molecule has 0 rings (SSSR count). The van der Waals surface area contributed by atoms with Crippen LogP contribution in [0.15, 0.2) is 0 Å². The molecule has 7 heteroatoms. The zero-order chi connectivity index (χ0) is 7.15. The van der Waals surface area contributed by atoms with Crippen molar-refractivity contribution in [3.8, 4) is 0 Å². The van der Waals surface area contributed by atoms with Crippen LogP contribution in [0, 0.1) is 0 Å². The van der Waals surface area contributed by atoms with E-state index in [-0.39, 0.29) is 43.8 Å². The van der Waals surface area contributed by atoms with Gasteiger partial charge in [-0.1, -0.05) is 0 Å². The molecular weight excluding hydrogens is 200 g/mol. The van der Waals surface area contributed by atoms with Crippen molar-refractivity contribution in [1.29, 1.82) is 0 Å². The third kappa shape index (κ3) is 45800. The van der Waals surface area contributed by atoms with Gasteiger partial charge in [0.2, 0.25) is 0 Å². The zero-order valence-electron chi connectivity index (χ0n) is 6.79. The first kappa shape index (κ1) is 30.4. The molecule has 0 radical (unpaired) electrons. The topological polar surface area (TPSA) is 110 Å². The van der Waals surface area contributed by atoms with Crippen LogP contribution in [0.25, 0.3) is 0 Å². The van der Waals surface area contributed by atoms with E-state index >= 15 is 0 Å². The molecule has 0 atom stereocenters. The Labute approximate surface area is 89.4 Å². The fraction of sp³-hybridized carbons (Fsp3) is 0.500. The van der Waals surface area contributed by atoms with Crippen LogP contribution in [0.2, 0.25) is 0 Å². The average Bonchev–Trinajstić information content (AvgIpc) is 1.25. The first-order valence-corrected chi connectivity index (χ1v) is 1.82. The molecule has 56 valence electrons. The minimum atomic E-state index is -1.08. The summed E-state index contributed by atoms with van der Waals surface area (Å²) in [5.41, 5.74) is 0. The quantitative estimate of drug-likeness (QED) is 0.368. The molecule has 0 amide bonds. The Bertz CT molecular complexity index is 76.5. The predicted octanol–water partition coefficient (Wildman–Crippen LogP) is -5.66. The van der Waals surface area contributed by atoms with E-state index in [2.05, 4.69) is 0 Å². The molecule has 0 aromatic rings. The molecule has 1 N–H and O–H groups in total. The van der Waals surface area contributed by atoms with E-state index < -0.39 is 11.9 Å². The average molecular weight is 207 g/mol. The van der Waals surface area contributed by atoms with Crippen molar-refractivity contribution in [2.45, 2.75) is 13.8 Å². The second kappa shape index (κ2) is 22.5. The number of hydrogen-bond donors (Lipinski definition) is 0. The number of carboxylic acids is 2. The molecule has 0 aromatic heterocycles. The summed E-state index contributed by atoms with van der Waals surface area (Å²) in [4.78, 5) is 17.8. The summed E-state index contributed by atoms with van der Waals surface area (Å²) in [6.45, 7) is 1.94. The number of hydrogen-bond acceptors (Lipinski definition) is 5. The van der Waals surface area contributed by atoms with Crippen LogP contribution in [-0.4, -0.2) is 17.4 Å². The summed E-state index contributed by atoms with van der Waals surface area (Å²) in [6, 6.07) is 0. The van der Waals surface area contributed by atoms with Crippen LogP contribution in [-0.2, 0) is 29.1 Å². The van der Waals surface area contributed by atoms with Gasteiger partial charge >= 0.3 is 38.3 Å². The van der Waals surface area contributed by atoms with E-state index in [1.54, 1.807) is 0 Å². The summed E-state index contributed by atoms with van der Waals surface area (Å²) >= 11 is 0. The van der Waals surface area contributed by atoms with Crippen LogP contribution >= 0.6 is 0 Å². The Morgan fingerprint density at radius 3 is 1.00 bits per heavy atom. The van der Waals surface area contributed by atoms with Gasteiger partial charge in [0.15, 0.2) is 0 Å². The molecule has 0 aliphatic rings. The molecule has 0 aromatic carbocycles. The maximum atomic E-state index is 8.89. The van der Waals surface area contributed by atoms with E-state index in [1.807, 2.05) is 0 Å². The fourth-order valence-corrected chi connectivity index (χ4v) is 0. The van der Waals surface area contributed by atoms with Crippen molar-refractivity contribution >= 4 is 11.9 Å². The molecule has 0 fully saturated rings. The monoisotopic (exact) mass is 206 g/mol. The van der Waals surface area contributed by atoms with Gasteiger partial charge in [-0.05, 0) is 13.8 Å². The molecule has 0 bridgehead atoms. The fourth-order valence-electron chi connectivity index (χ4n) is 0. The molecule has 0 aliphatic carbocycles. The van der Waals surface area contributed by atoms with Gasteiger partial charge < -0.3 is 25.3 Å². The van der Waals surface area contributed by atoms with Crippen LogP contribution in [0.4, 0.5) is 0 Å². The molecule has 0 heterocycles. The number of carboxylic acid groups (broad SMARTS) is 2. The van der Waals surface area contributed by atoms with E-state index in [4.69, 9.17) is 19.8 Å². The van der Waals surface area contributed by atoms with Crippen molar-refractivity contribution < 1.29 is 63.6 Å². The number of carbonyl (C=O) groups is 2. The van der Waals surface area contributed by atoms with Crippen molar-refractivity contribution in [2.75, 3.05) is 0 Å². The summed E-state index contributed by atoms with van der Waals surface area (Å²) < 4.78 is 0. The first-order valence-electron chi connectivity index (χ1n) is 1.82. The second-order valence-corrected chi connectivity index (χ2v) is 0.983. The minimum absolute atomic E-state index is 0. The molecule has 0 spiro atoms. The number of rotatable bonds is 0. The Morgan fingerprint density at radius 1 is 1.00 bits per heavy atom. The van der Waals surface area contributed by atoms with Gasteiger partial charge in [0, 0.05) is 11.9 Å². The third-order valence-corrected chi connectivity index (χ3v) is 0. The molecule has 0 saturated heterocycles. The Hall–Kier alpha value is 0.121. The van der Waals surface area contributed by atoms with Crippen molar-refractivity contribution in [3.63, 3.8) is 0 Å². The van der Waals surface area contributed by atoms with Gasteiger partial charge in [-0.15, -0.1) is 0 Å². The van der Waals surface area contributed by atoms with Gasteiger partial charge in [0.1, 0.15) is 0 Å². The summed E-state index contributed by atoms with van der Waals surface area (Å²) in [6.07, 6.45) is 0. The van der Waals surface area contributed by atoms with Crippen LogP contribution in [0.3, 0.4) is 0 Å². The Kier molecular flexibility index (Phi) is 62.1. The van der Waals surface area contributed by atoms with Crippen LogP contribution < -0.4 is 29.1 Å². The third-order valence-electron chi connectivity index (χ3n) is 0. The van der Waals surface area contributed by atoms with Gasteiger partial charge in [0.05, 0.1) is 0 Å². The van der Waals surface area contributed by atoms with Gasteiger partial charge in [-0.25, -0.2) is 0 Å². The summed E-state index contributed by atoms with van der Waals surface area (Å²) in [7, 11) is 0. The smallest absolute Gasteiger partial charge is 0.870 e. The molecule has 0 saturated carbocycles. The van der Waals surface area contributed by atoms with Crippen molar-refractivity contribution in [2.24, 2.45) is 0 Å². The molecule has 5 nitrogen and oxygen atoms in total. The van der Waals surface area contributed by atoms with E-state index in [9.17, 15) is 0 Å². The maximum Gasteiger partial charge on any atom is 2.00 e. The Balaban J connectivity index is -0.0000000171. The number of aliphatic carboxylic acids is 2. The maximum absolute atomic E-state index is 8.89. The zero-order valence-corrected chi connectivity index (χ0v) is 9.75. The molecular formula is C4H7LiO5Zn. The van der Waals surface area contributed by atoms with Crippen LogP contribution in [0.5, 0.6) is 0 Å². The predicted molar refractivity (Wildman–Crippen MR) is 23.3 cm³/mol. The molecule has 0 aliphatic heterocycles. The SMILES string of the molecule is CC(=O)[O-].CC(=O)[O-].[Li+].[OH-].[Zn+2]. The normalized spacial score (nSPS) is 4.55. The first-order chi connectivity index (χ1) is 3.46. The van der Waals surface area contributed by atoms with Crippen LogP contribution in [0.1, 0.15) is 13.8 Å². The van der Waals surface area contributed by atoms with Gasteiger partial charge in [-0.2, -0.15) is 0 Å². The number of carbonyl (C=O) groups excluding carboxylic acids is 2. The Morgan fingerprint density at radius 2 is 1.00 bits per heavy atom. The minimum Gasteiger partial charge on any atom is -0.870 e. The van der Waals surface area contributed by atoms with Gasteiger partial charge in [-0.3, -0.25) is 0 Å². The standard InChI is InChI=1S/2C2H4O2.Li.H2O.Zn/c2*1-2(3)4;;;/h2*1H3,(H,3,4);;1H2;/q;;+1;;+2/p-3. The summed E-state index contributed by atoms with van der Waals surface area (Å²) in [5, 5.41) is 17.8. The molecule has 11 heavy (non-hydrogen) atoms. The van der Waals surface area contributed by atoms with E-state index in [0.717, 1.165) is 13.8 Å². The molecule has 0 unspecified atom stereocenters. The van der Waals surface area contributed by atoms with E-state index in [0.29, 0.717) is 0 Å². The summed E-state index contributed by atoms with van der Waals surface area (Å²) in [5.74, 6) is -2.17. The largest absolute Gasteiger partial charge is 2.00 e. The second-order valence-electron chi connectivity index (χ2n) is 0.983. The van der Waals surface area contributed by atoms with E-state index in [1.165, 1.54) is 0 Å².